The van der Waals surface area contributed by atoms with E-state index in [2.05, 4.69) is 13.0 Å². The van der Waals surface area contributed by atoms with Crippen LogP contribution in [-0.4, -0.2) is 30.5 Å². The number of rotatable bonds is 5. The quantitative estimate of drug-likeness (QED) is 0.891. The van der Waals surface area contributed by atoms with Gasteiger partial charge in [-0.3, -0.25) is 4.79 Å². The summed E-state index contributed by atoms with van der Waals surface area (Å²) in [7, 11) is 1.66. The summed E-state index contributed by atoms with van der Waals surface area (Å²) in [6.07, 6.45) is 3.89. The molecule has 3 unspecified atom stereocenters. The number of ether oxygens (including phenoxy) is 1. The Morgan fingerprint density at radius 3 is 2.78 bits per heavy atom. The van der Waals surface area contributed by atoms with Gasteiger partial charge in [0.2, 0.25) is 5.91 Å². The molecule has 2 N–H and O–H groups in total. The monoisotopic (exact) mass is 340 g/mol. The summed E-state index contributed by atoms with van der Waals surface area (Å²) in [6.45, 7) is 4.83. The number of hydrogen-bond donors (Lipinski definition) is 1. The molecule has 0 spiro atoms. The van der Waals surface area contributed by atoms with Gasteiger partial charge in [0.1, 0.15) is 5.75 Å². The van der Waals surface area contributed by atoms with Gasteiger partial charge >= 0.3 is 0 Å². The predicted octanol–water partition coefficient (Wildman–Crippen LogP) is 3.54. The van der Waals surface area contributed by atoms with Crippen molar-refractivity contribution in [3.63, 3.8) is 0 Å². The first-order valence-corrected chi connectivity index (χ1v) is 8.26. The summed E-state index contributed by atoms with van der Waals surface area (Å²) >= 11 is 0. The van der Waals surface area contributed by atoms with Crippen molar-refractivity contribution in [1.29, 1.82) is 0 Å². The molecule has 0 bridgehead atoms. The van der Waals surface area contributed by atoms with Crippen LogP contribution in [0.25, 0.3) is 0 Å². The molecule has 4 nitrogen and oxygen atoms in total. The van der Waals surface area contributed by atoms with Gasteiger partial charge in [-0.1, -0.05) is 18.6 Å². The second-order valence-electron chi connectivity index (χ2n) is 6.20. The number of carbonyl (C=O) groups excluding carboxylic acids is 1. The lowest BCUT2D eigenvalue weighted by Gasteiger charge is -2.34. The van der Waals surface area contributed by atoms with E-state index in [1.807, 2.05) is 30.0 Å². The Hall–Kier alpha value is -1.26. The molecule has 0 saturated heterocycles. The second-order valence-corrected chi connectivity index (χ2v) is 6.20. The van der Waals surface area contributed by atoms with E-state index in [1.165, 1.54) is 0 Å². The highest BCUT2D eigenvalue weighted by Crippen LogP contribution is 2.30. The molecule has 23 heavy (non-hydrogen) atoms. The first-order valence-electron chi connectivity index (χ1n) is 8.26. The van der Waals surface area contributed by atoms with Crippen LogP contribution in [0.4, 0.5) is 0 Å². The normalized spacial score (nSPS) is 21.9. The second kappa shape index (κ2) is 9.14. The lowest BCUT2D eigenvalue weighted by atomic mass is 9.85. The zero-order valence-corrected chi connectivity index (χ0v) is 15.1. The predicted molar refractivity (Wildman–Crippen MR) is 96.0 cm³/mol. The van der Waals surface area contributed by atoms with E-state index < -0.39 is 0 Å². The molecule has 3 atom stereocenters. The summed E-state index contributed by atoms with van der Waals surface area (Å²) in [5.74, 6) is 1.15. The molecule has 1 aliphatic carbocycles. The number of amides is 1. The van der Waals surface area contributed by atoms with Crippen LogP contribution in [0.5, 0.6) is 5.75 Å². The minimum atomic E-state index is 0. The minimum absolute atomic E-state index is 0. The van der Waals surface area contributed by atoms with Crippen LogP contribution in [0.1, 0.15) is 51.1 Å². The highest BCUT2D eigenvalue weighted by molar-refractivity contribution is 5.85. The lowest BCUT2D eigenvalue weighted by Crippen LogP contribution is -2.41. The Balaban J connectivity index is 0.00000264. The summed E-state index contributed by atoms with van der Waals surface area (Å²) < 4.78 is 5.29. The van der Waals surface area contributed by atoms with Crippen LogP contribution in [0.3, 0.4) is 0 Å². The van der Waals surface area contributed by atoms with Crippen molar-refractivity contribution in [1.82, 2.24) is 4.90 Å². The number of benzene rings is 1. The van der Waals surface area contributed by atoms with Crippen LogP contribution in [0, 0.1) is 5.92 Å². The molecule has 0 aromatic heterocycles. The minimum Gasteiger partial charge on any atom is -0.497 e. The van der Waals surface area contributed by atoms with Crippen molar-refractivity contribution in [2.75, 3.05) is 13.7 Å². The van der Waals surface area contributed by atoms with Crippen molar-refractivity contribution >= 4 is 18.3 Å². The molecule has 0 aliphatic heterocycles. The fraction of sp³-hybridized carbons (Fsp3) is 0.611. The van der Waals surface area contributed by atoms with Crippen molar-refractivity contribution in [2.45, 2.75) is 51.6 Å². The Labute approximate surface area is 145 Å². The molecule has 1 aliphatic rings. The lowest BCUT2D eigenvalue weighted by molar-refractivity contribution is -0.138. The van der Waals surface area contributed by atoms with Gasteiger partial charge in [-0.15, -0.1) is 12.4 Å². The van der Waals surface area contributed by atoms with E-state index >= 15 is 0 Å². The van der Waals surface area contributed by atoms with E-state index in [0.29, 0.717) is 6.54 Å². The molecule has 1 aromatic carbocycles. The zero-order valence-electron chi connectivity index (χ0n) is 14.3. The van der Waals surface area contributed by atoms with E-state index in [-0.39, 0.29) is 36.3 Å². The van der Waals surface area contributed by atoms with Crippen LogP contribution < -0.4 is 10.5 Å². The van der Waals surface area contributed by atoms with Gasteiger partial charge in [-0.05, 0) is 50.8 Å². The van der Waals surface area contributed by atoms with Gasteiger partial charge in [-0.25, -0.2) is 0 Å². The first kappa shape index (κ1) is 19.8. The molecular weight excluding hydrogens is 312 g/mol. The topological polar surface area (TPSA) is 55.6 Å². The van der Waals surface area contributed by atoms with Crippen molar-refractivity contribution in [3.8, 4) is 5.75 Å². The number of carbonyl (C=O) groups is 1. The van der Waals surface area contributed by atoms with Gasteiger partial charge in [0.15, 0.2) is 0 Å². The Morgan fingerprint density at radius 2 is 2.17 bits per heavy atom. The summed E-state index contributed by atoms with van der Waals surface area (Å²) in [5, 5.41) is 0. The number of halogens is 1. The van der Waals surface area contributed by atoms with E-state index in [4.69, 9.17) is 10.5 Å². The third kappa shape index (κ3) is 4.85. The van der Waals surface area contributed by atoms with Crippen LogP contribution in [0.15, 0.2) is 24.3 Å². The Bertz CT molecular complexity index is 510. The molecule has 2 rings (SSSR count). The molecule has 1 fully saturated rings. The summed E-state index contributed by atoms with van der Waals surface area (Å²) in [6, 6.07) is 8.18. The molecule has 0 heterocycles. The van der Waals surface area contributed by atoms with Crippen molar-refractivity contribution in [3.05, 3.63) is 29.8 Å². The van der Waals surface area contributed by atoms with Gasteiger partial charge in [0.05, 0.1) is 13.2 Å². The third-order valence-corrected chi connectivity index (χ3v) is 4.73. The van der Waals surface area contributed by atoms with E-state index in [9.17, 15) is 4.79 Å². The SMILES string of the molecule is CCN(C(=O)C1CCCC(N)C1)C(C)c1cccc(OC)c1.Cl. The van der Waals surface area contributed by atoms with Crippen LogP contribution in [0.2, 0.25) is 0 Å². The van der Waals surface area contributed by atoms with E-state index in [1.54, 1.807) is 7.11 Å². The number of methoxy groups -OCH3 is 1. The third-order valence-electron chi connectivity index (χ3n) is 4.73. The van der Waals surface area contributed by atoms with Gasteiger partial charge in [0.25, 0.3) is 0 Å². The molecule has 1 saturated carbocycles. The zero-order chi connectivity index (χ0) is 16.1. The van der Waals surface area contributed by atoms with Gasteiger partial charge < -0.3 is 15.4 Å². The Morgan fingerprint density at radius 1 is 1.43 bits per heavy atom. The molecule has 1 amide bonds. The number of hydrogen-bond acceptors (Lipinski definition) is 3. The highest BCUT2D eigenvalue weighted by Gasteiger charge is 2.30. The molecule has 130 valence electrons. The highest BCUT2D eigenvalue weighted by atomic mass is 35.5. The van der Waals surface area contributed by atoms with Gasteiger partial charge in [-0.2, -0.15) is 0 Å². The van der Waals surface area contributed by atoms with Crippen LogP contribution >= 0.6 is 12.4 Å². The molecular formula is C18H29ClN2O2. The summed E-state index contributed by atoms with van der Waals surface area (Å²) in [4.78, 5) is 14.9. The average Bonchev–Trinajstić information content (AvgIpc) is 2.55. The fourth-order valence-electron chi connectivity index (χ4n) is 3.39. The maximum atomic E-state index is 12.9. The average molecular weight is 341 g/mol. The van der Waals surface area contributed by atoms with Crippen molar-refractivity contribution < 1.29 is 9.53 Å². The van der Waals surface area contributed by atoms with E-state index in [0.717, 1.165) is 37.0 Å². The molecule has 0 radical (unpaired) electrons. The largest absolute Gasteiger partial charge is 0.497 e. The fourth-order valence-corrected chi connectivity index (χ4v) is 3.39. The standard InChI is InChI=1S/C18H28N2O2.ClH/c1-4-20(18(21)15-8-5-9-16(19)11-15)13(2)14-7-6-10-17(12-14)22-3;/h6-7,10,12-13,15-16H,4-5,8-9,11,19H2,1-3H3;1H. The smallest absolute Gasteiger partial charge is 0.226 e. The van der Waals surface area contributed by atoms with Gasteiger partial charge in [0, 0.05) is 18.5 Å². The first-order chi connectivity index (χ1) is 10.6. The number of nitrogens with zero attached hydrogens (tertiary/aromatic N) is 1. The molecule has 5 heteroatoms. The molecule has 1 aromatic rings. The Kier molecular flexibility index (Phi) is 7.86. The maximum Gasteiger partial charge on any atom is 0.226 e. The van der Waals surface area contributed by atoms with Crippen molar-refractivity contribution in [2.24, 2.45) is 11.7 Å². The number of nitrogens with two attached hydrogens (primary N) is 1. The van der Waals surface area contributed by atoms with Crippen LogP contribution in [-0.2, 0) is 4.79 Å². The maximum absolute atomic E-state index is 12.9. The summed E-state index contributed by atoms with van der Waals surface area (Å²) in [5.41, 5.74) is 7.15.